The molecular formula is C14H17N5O. The van der Waals surface area contributed by atoms with E-state index in [1.165, 1.54) is 0 Å². The van der Waals surface area contributed by atoms with E-state index in [9.17, 15) is 4.79 Å². The molecule has 1 aliphatic carbocycles. The van der Waals surface area contributed by atoms with E-state index >= 15 is 0 Å². The molecule has 20 heavy (non-hydrogen) atoms. The third-order valence-corrected chi connectivity index (χ3v) is 4.08. The molecule has 2 atom stereocenters. The zero-order valence-electron chi connectivity index (χ0n) is 11.2. The van der Waals surface area contributed by atoms with Gasteiger partial charge in [0.25, 0.3) is 5.56 Å². The van der Waals surface area contributed by atoms with Crippen LogP contribution in [-0.4, -0.2) is 20.8 Å². The largest absolute Gasteiger partial charge is 0.382 e. The van der Waals surface area contributed by atoms with Crippen molar-refractivity contribution >= 4 is 16.7 Å². The third kappa shape index (κ3) is 1.95. The fourth-order valence-corrected chi connectivity index (χ4v) is 3.08. The van der Waals surface area contributed by atoms with Gasteiger partial charge in [-0.25, -0.2) is 6.57 Å². The van der Waals surface area contributed by atoms with Crippen LogP contribution in [0.15, 0.2) is 17.1 Å². The van der Waals surface area contributed by atoms with Crippen LogP contribution < -0.4 is 11.3 Å². The molecule has 2 heterocycles. The molecule has 2 aromatic rings. The first-order chi connectivity index (χ1) is 9.72. The summed E-state index contributed by atoms with van der Waals surface area (Å²) in [6, 6.07) is 1.74. The van der Waals surface area contributed by atoms with Gasteiger partial charge < -0.3 is 15.6 Å². The number of hydrogen-bond donors (Lipinski definition) is 2. The second-order valence-corrected chi connectivity index (χ2v) is 5.30. The quantitative estimate of drug-likeness (QED) is 0.615. The normalized spacial score (nSPS) is 23.4. The number of fused-ring (bicyclic) bond motifs is 1. The molecule has 3 N–H and O–H groups in total. The van der Waals surface area contributed by atoms with Crippen molar-refractivity contribution in [1.82, 2.24) is 14.8 Å². The predicted molar refractivity (Wildman–Crippen MR) is 77.3 cm³/mol. The number of hydrogen-bond acceptors (Lipinski definition) is 3. The maximum absolute atomic E-state index is 11.9. The lowest BCUT2D eigenvalue weighted by Gasteiger charge is -2.17. The van der Waals surface area contributed by atoms with Crippen LogP contribution in [0.25, 0.3) is 15.7 Å². The van der Waals surface area contributed by atoms with Crippen LogP contribution in [0.4, 0.5) is 5.82 Å². The molecule has 0 unspecified atom stereocenters. The number of pyridine rings is 1. The number of aromatic nitrogens is 3. The van der Waals surface area contributed by atoms with Gasteiger partial charge in [-0.2, -0.15) is 5.10 Å². The fourth-order valence-electron chi connectivity index (χ4n) is 3.08. The lowest BCUT2D eigenvalue weighted by molar-refractivity contribution is 0.400. The highest BCUT2D eigenvalue weighted by Crippen LogP contribution is 2.32. The summed E-state index contributed by atoms with van der Waals surface area (Å²) in [5, 5.41) is 4.78. The molecule has 2 aromatic heterocycles. The van der Waals surface area contributed by atoms with E-state index in [1.807, 2.05) is 6.07 Å². The standard InChI is InChI=1S/C14H17N5O/c1-16-9-5-3-2-4-6-10(9)19-11-7-8-17-14(20)12(11)13(15)18-19/h7-10H,2-6H2,(H2,15,18)(H,17,20)/t9-,10-/m1/s1. The Morgan fingerprint density at radius 3 is 3.00 bits per heavy atom. The summed E-state index contributed by atoms with van der Waals surface area (Å²) in [5.41, 5.74) is 6.39. The van der Waals surface area contributed by atoms with Gasteiger partial charge in [0.15, 0.2) is 5.82 Å². The summed E-state index contributed by atoms with van der Waals surface area (Å²) in [7, 11) is 0. The third-order valence-electron chi connectivity index (χ3n) is 4.08. The molecule has 0 radical (unpaired) electrons. The Balaban J connectivity index is 2.16. The Morgan fingerprint density at radius 2 is 2.20 bits per heavy atom. The minimum Gasteiger partial charge on any atom is -0.382 e. The number of anilines is 1. The Morgan fingerprint density at radius 1 is 1.40 bits per heavy atom. The summed E-state index contributed by atoms with van der Waals surface area (Å²) in [6.07, 6.45) is 6.72. The van der Waals surface area contributed by atoms with E-state index in [2.05, 4.69) is 14.9 Å². The Labute approximate surface area is 116 Å². The van der Waals surface area contributed by atoms with Gasteiger partial charge in [-0.1, -0.05) is 12.8 Å². The Kier molecular flexibility index (Phi) is 3.18. The molecule has 0 bridgehead atoms. The average Bonchev–Trinajstić information content (AvgIpc) is 2.64. The molecule has 0 aliphatic heterocycles. The number of nitrogens with one attached hydrogen (secondary N) is 1. The zero-order chi connectivity index (χ0) is 14.1. The van der Waals surface area contributed by atoms with Crippen LogP contribution in [0.2, 0.25) is 0 Å². The van der Waals surface area contributed by atoms with Gasteiger partial charge in [0.2, 0.25) is 6.04 Å². The van der Waals surface area contributed by atoms with Gasteiger partial charge in [-0.15, -0.1) is 0 Å². The molecule has 6 heteroatoms. The van der Waals surface area contributed by atoms with Gasteiger partial charge in [-0.3, -0.25) is 9.48 Å². The van der Waals surface area contributed by atoms with Gasteiger partial charge >= 0.3 is 0 Å². The number of rotatable bonds is 1. The molecule has 0 amide bonds. The average molecular weight is 271 g/mol. The maximum atomic E-state index is 11.9. The summed E-state index contributed by atoms with van der Waals surface area (Å²) < 4.78 is 1.80. The van der Waals surface area contributed by atoms with E-state index < -0.39 is 0 Å². The number of nitrogens with zero attached hydrogens (tertiary/aromatic N) is 3. The first-order valence-electron chi connectivity index (χ1n) is 6.94. The molecular weight excluding hydrogens is 254 g/mol. The first-order valence-corrected chi connectivity index (χ1v) is 6.94. The van der Waals surface area contributed by atoms with Gasteiger partial charge in [0.1, 0.15) is 11.4 Å². The molecule has 104 valence electrons. The van der Waals surface area contributed by atoms with Crippen molar-refractivity contribution in [2.75, 3.05) is 5.73 Å². The van der Waals surface area contributed by atoms with Crippen LogP contribution in [0.1, 0.15) is 38.1 Å². The number of H-pyrrole nitrogens is 1. The highest BCUT2D eigenvalue weighted by Gasteiger charge is 2.32. The first kappa shape index (κ1) is 12.7. The van der Waals surface area contributed by atoms with Gasteiger partial charge in [0.05, 0.1) is 5.52 Å². The highest BCUT2D eigenvalue weighted by molar-refractivity contribution is 5.88. The van der Waals surface area contributed by atoms with Crippen molar-refractivity contribution < 1.29 is 0 Å². The molecule has 1 aliphatic rings. The molecule has 3 rings (SSSR count). The van der Waals surface area contributed by atoms with Gasteiger partial charge in [-0.05, 0) is 18.9 Å². The smallest absolute Gasteiger partial charge is 0.261 e. The topological polar surface area (TPSA) is 81.1 Å². The number of aromatic amines is 1. The monoisotopic (exact) mass is 271 g/mol. The van der Waals surface area contributed by atoms with Gasteiger partial charge in [0, 0.05) is 12.6 Å². The summed E-state index contributed by atoms with van der Waals surface area (Å²) in [6.45, 7) is 7.42. The SMILES string of the molecule is [C-]#[N+][C@@H]1CCCCC[C@H]1n1nc(N)c2c(=O)[nH]ccc21. The van der Waals surface area contributed by atoms with Crippen LogP contribution in [-0.2, 0) is 0 Å². The molecule has 1 saturated carbocycles. The summed E-state index contributed by atoms with van der Waals surface area (Å²) in [4.78, 5) is 18.3. The number of nitrogen functional groups attached to an aromatic ring is 1. The molecule has 0 aromatic carbocycles. The lowest BCUT2D eigenvalue weighted by Crippen LogP contribution is -2.22. The van der Waals surface area contributed by atoms with E-state index in [4.69, 9.17) is 12.3 Å². The lowest BCUT2D eigenvalue weighted by atomic mass is 10.0. The fraction of sp³-hybridized carbons (Fsp3) is 0.500. The maximum Gasteiger partial charge on any atom is 0.261 e. The van der Waals surface area contributed by atoms with E-state index in [1.54, 1.807) is 10.9 Å². The van der Waals surface area contributed by atoms with Crippen LogP contribution in [0.5, 0.6) is 0 Å². The molecule has 1 fully saturated rings. The van der Waals surface area contributed by atoms with Crippen molar-refractivity contribution in [3.05, 3.63) is 34.0 Å². The molecule has 6 nitrogen and oxygen atoms in total. The van der Waals surface area contributed by atoms with E-state index in [-0.39, 0.29) is 23.5 Å². The highest BCUT2D eigenvalue weighted by atomic mass is 16.1. The Hall–Kier alpha value is -2.29. The zero-order valence-corrected chi connectivity index (χ0v) is 11.2. The van der Waals surface area contributed by atoms with Crippen molar-refractivity contribution in [2.45, 2.75) is 44.2 Å². The molecule has 0 spiro atoms. The second-order valence-electron chi connectivity index (χ2n) is 5.30. The summed E-state index contributed by atoms with van der Waals surface area (Å²) in [5.74, 6) is 0.245. The van der Waals surface area contributed by atoms with Crippen LogP contribution in [0.3, 0.4) is 0 Å². The molecule has 0 saturated heterocycles. The van der Waals surface area contributed by atoms with E-state index in [0.29, 0.717) is 5.39 Å². The predicted octanol–water partition coefficient (Wildman–Crippen LogP) is 2.10. The minimum absolute atomic E-state index is 0.0107. The number of nitrogens with two attached hydrogens (primary N) is 1. The van der Waals surface area contributed by atoms with E-state index in [0.717, 1.165) is 37.6 Å². The minimum atomic E-state index is -0.223. The van der Waals surface area contributed by atoms with Crippen molar-refractivity contribution in [2.24, 2.45) is 0 Å². The Bertz CT molecular complexity index is 723. The second kappa shape index (κ2) is 5.00. The van der Waals surface area contributed by atoms with Crippen molar-refractivity contribution in [1.29, 1.82) is 0 Å². The van der Waals surface area contributed by atoms with Crippen molar-refractivity contribution in [3.63, 3.8) is 0 Å². The summed E-state index contributed by atoms with van der Waals surface area (Å²) >= 11 is 0. The van der Waals surface area contributed by atoms with Crippen LogP contribution in [0, 0.1) is 6.57 Å². The van der Waals surface area contributed by atoms with Crippen LogP contribution >= 0.6 is 0 Å². The van der Waals surface area contributed by atoms with Crippen molar-refractivity contribution in [3.8, 4) is 0 Å².